The molecule has 1 heterocycles. The number of aromatic hydroxyl groups is 2. The van der Waals surface area contributed by atoms with Crippen LogP contribution in [0.25, 0.3) is 0 Å². The first-order chi connectivity index (χ1) is 18.3. The average Bonchev–Trinajstić information content (AvgIpc) is 3.22. The number of hydrogen-bond acceptors (Lipinski definition) is 5. The van der Waals surface area contributed by atoms with Crippen molar-refractivity contribution in [1.29, 1.82) is 0 Å². The number of carbonyl (C=O) groups excluding carboxylic acids is 1. The highest BCUT2D eigenvalue weighted by Gasteiger charge is 2.23. The van der Waals surface area contributed by atoms with Gasteiger partial charge >= 0.3 is 5.97 Å². The van der Waals surface area contributed by atoms with Gasteiger partial charge in [-0.3, -0.25) is 0 Å². The molecule has 2 N–H and O–H groups in total. The number of hydrogen-bond donors (Lipinski definition) is 2. The number of rotatable bonds is 10. The second-order valence-corrected chi connectivity index (χ2v) is 9.04. The van der Waals surface area contributed by atoms with Gasteiger partial charge < -0.3 is 19.8 Å². The molecule has 3 aromatic carbocycles. The van der Waals surface area contributed by atoms with Gasteiger partial charge in [0.15, 0.2) is 0 Å². The molecule has 0 saturated heterocycles. The second kappa shape index (κ2) is 11.8. The Morgan fingerprint density at radius 3 is 2.05 bits per heavy atom. The summed E-state index contributed by atoms with van der Waals surface area (Å²) in [6.45, 7) is 2.04. The van der Waals surface area contributed by atoms with Crippen LogP contribution >= 0.6 is 0 Å². The van der Waals surface area contributed by atoms with E-state index in [0.29, 0.717) is 22.5 Å². The Hall–Kier alpha value is -4.33. The van der Waals surface area contributed by atoms with Gasteiger partial charge in [-0.15, -0.1) is 4.73 Å². The Balaban J connectivity index is 1.52. The molecule has 1 aromatic heterocycles. The minimum atomic E-state index is -0.795. The van der Waals surface area contributed by atoms with Crippen LogP contribution in [-0.4, -0.2) is 28.0 Å². The lowest BCUT2D eigenvalue weighted by Crippen LogP contribution is -2.19. The van der Waals surface area contributed by atoms with E-state index >= 15 is 8.78 Å². The number of aromatic nitrogens is 1. The van der Waals surface area contributed by atoms with Crippen molar-refractivity contribution < 1.29 is 33.4 Å². The average molecular weight is 522 g/mol. The fraction of sp³-hybridized carbons (Fsp3) is 0.233. The number of benzene rings is 3. The zero-order chi connectivity index (χ0) is 27.2. The van der Waals surface area contributed by atoms with Crippen LogP contribution in [0.3, 0.4) is 0 Å². The van der Waals surface area contributed by atoms with Crippen LogP contribution in [0.5, 0.6) is 17.5 Å². The highest BCUT2D eigenvalue weighted by Crippen LogP contribution is 2.35. The third-order valence-corrected chi connectivity index (χ3v) is 6.42. The maximum absolute atomic E-state index is 15.4. The fourth-order valence-corrected chi connectivity index (χ4v) is 4.42. The molecule has 0 fully saturated rings. The lowest BCUT2D eigenvalue weighted by Gasteiger charge is -2.20. The molecule has 0 spiro atoms. The zero-order valence-corrected chi connectivity index (χ0v) is 21.2. The molecule has 1 atom stereocenters. The first-order valence-corrected chi connectivity index (χ1v) is 12.3. The molecule has 0 aliphatic rings. The number of ether oxygens (including phenoxy) is 1. The van der Waals surface area contributed by atoms with Gasteiger partial charge in [0, 0.05) is 23.6 Å². The van der Waals surface area contributed by atoms with Crippen LogP contribution in [0.4, 0.5) is 8.78 Å². The number of methoxy groups -OCH3 is 1. The van der Waals surface area contributed by atoms with Crippen molar-refractivity contribution in [3.05, 3.63) is 112 Å². The summed E-state index contributed by atoms with van der Waals surface area (Å²) in [7, 11) is 1.57. The van der Waals surface area contributed by atoms with E-state index in [0.717, 1.165) is 24.0 Å². The van der Waals surface area contributed by atoms with Gasteiger partial charge in [0.1, 0.15) is 17.4 Å². The van der Waals surface area contributed by atoms with Crippen LogP contribution in [0, 0.1) is 11.6 Å². The summed E-state index contributed by atoms with van der Waals surface area (Å²) in [6.07, 6.45) is 2.61. The summed E-state index contributed by atoms with van der Waals surface area (Å²) in [5.41, 5.74) is 2.26. The Morgan fingerprint density at radius 2 is 1.50 bits per heavy atom. The summed E-state index contributed by atoms with van der Waals surface area (Å²) in [5.74, 6) is -2.57. The van der Waals surface area contributed by atoms with Gasteiger partial charge in [0.2, 0.25) is 11.8 Å². The topological polar surface area (TPSA) is 80.9 Å². The Kier molecular flexibility index (Phi) is 8.31. The van der Waals surface area contributed by atoms with Crippen LogP contribution in [0.15, 0.2) is 72.8 Å². The van der Waals surface area contributed by atoms with E-state index in [2.05, 4.69) is 0 Å². The number of nitrogens with zero attached hydrogens (tertiary/aromatic N) is 1. The monoisotopic (exact) mass is 521 g/mol. The minimum Gasteiger partial charge on any atom is -0.497 e. The summed E-state index contributed by atoms with van der Waals surface area (Å²) >= 11 is 0. The van der Waals surface area contributed by atoms with Crippen molar-refractivity contribution >= 4 is 5.97 Å². The van der Waals surface area contributed by atoms with Gasteiger partial charge in [-0.25, -0.2) is 13.6 Å². The first kappa shape index (κ1) is 26.7. The minimum absolute atomic E-state index is 0.0574. The standard InChI is InChI=1S/C30H29F2NO5/c1-3-4-5-24(21-10-12-23(37-2)13-11-21)29-25(31)17-20(18-26(29)32)16-19-6-8-22(9-7-19)30(36)38-33-27(34)14-15-28(33)35/h6-15,17-18,24,34-35H,3-5,16H2,1-2H3. The molecule has 4 aromatic rings. The van der Waals surface area contributed by atoms with Crippen molar-refractivity contribution in [2.75, 3.05) is 7.11 Å². The van der Waals surface area contributed by atoms with Gasteiger partial charge in [-0.05, 0) is 65.9 Å². The second-order valence-electron chi connectivity index (χ2n) is 9.04. The summed E-state index contributed by atoms with van der Waals surface area (Å²) in [6, 6.07) is 18.7. The van der Waals surface area contributed by atoms with Gasteiger partial charge in [0.05, 0.1) is 12.7 Å². The molecule has 4 rings (SSSR count). The number of carbonyl (C=O) groups is 1. The molecule has 0 saturated carbocycles. The lowest BCUT2D eigenvalue weighted by atomic mass is 9.85. The van der Waals surface area contributed by atoms with Crippen molar-refractivity contribution in [1.82, 2.24) is 4.73 Å². The fourth-order valence-electron chi connectivity index (χ4n) is 4.42. The summed E-state index contributed by atoms with van der Waals surface area (Å²) in [5, 5.41) is 19.2. The number of halogens is 2. The highest BCUT2D eigenvalue weighted by atomic mass is 19.1. The van der Waals surface area contributed by atoms with Crippen molar-refractivity contribution in [3.63, 3.8) is 0 Å². The Labute approximate surface area is 219 Å². The third kappa shape index (κ3) is 5.96. The smallest absolute Gasteiger partial charge is 0.363 e. The van der Waals surface area contributed by atoms with Crippen LogP contribution < -0.4 is 9.57 Å². The molecule has 38 heavy (non-hydrogen) atoms. The molecule has 0 radical (unpaired) electrons. The molecule has 0 aliphatic heterocycles. The molecule has 8 heteroatoms. The molecule has 198 valence electrons. The van der Waals surface area contributed by atoms with Crippen molar-refractivity contribution in [2.45, 2.75) is 38.5 Å². The normalized spacial score (nSPS) is 11.8. The van der Waals surface area contributed by atoms with Crippen molar-refractivity contribution in [2.24, 2.45) is 0 Å². The van der Waals surface area contributed by atoms with E-state index in [1.54, 1.807) is 31.4 Å². The maximum Gasteiger partial charge on any atom is 0.363 e. The number of unbranched alkanes of at least 4 members (excludes halogenated alkanes) is 1. The molecule has 1 unspecified atom stereocenters. The highest BCUT2D eigenvalue weighted by molar-refractivity contribution is 5.89. The summed E-state index contributed by atoms with van der Waals surface area (Å²) in [4.78, 5) is 17.3. The summed E-state index contributed by atoms with van der Waals surface area (Å²) < 4.78 is 36.6. The Morgan fingerprint density at radius 1 is 0.895 bits per heavy atom. The molecule has 0 aliphatic carbocycles. The van der Waals surface area contributed by atoms with E-state index in [1.165, 1.54) is 36.4 Å². The maximum atomic E-state index is 15.4. The van der Waals surface area contributed by atoms with E-state index in [-0.39, 0.29) is 17.5 Å². The van der Waals surface area contributed by atoms with Crippen LogP contribution in [-0.2, 0) is 6.42 Å². The predicted octanol–water partition coefficient (Wildman–Crippen LogP) is 6.37. The van der Waals surface area contributed by atoms with Gasteiger partial charge in [-0.2, -0.15) is 0 Å². The van der Waals surface area contributed by atoms with Crippen LogP contribution in [0.1, 0.15) is 64.7 Å². The third-order valence-electron chi connectivity index (χ3n) is 6.42. The predicted molar refractivity (Wildman–Crippen MR) is 139 cm³/mol. The SMILES string of the molecule is CCCCC(c1ccc(OC)cc1)c1c(F)cc(Cc2ccc(C(=O)On3c(O)ccc3O)cc2)cc1F. The largest absolute Gasteiger partial charge is 0.497 e. The molecule has 0 bridgehead atoms. The zero-order valence-electron chi connectivity index (χ0n) is 21.2. The van der Waals surface area contributed by atoms with Gasteiger partial charge in [0.25, 0.3) is 0 Å². The van der Waals surface area contributed by atoms with Crippen LogP contribution in [0.2, 0.25) is 0 Å². The van der Waals surface area contributed by atoms with E-state index < -0.39 is 35.3 Å². The molecule has 0 amide bonds. The quantitative estimate of drug-likeness (QED) is 0.254. The lowest BCUT2D eigenvalue weighted by molar-refractivity contribution is 0.0381. The molecule has 6 nitrogen and oxygen atoms in total. The van der Waals surface area contributed by atoms with Gasteiger partial charge in [-0.1, -0.05) is 44.0 Å². The first-order valence-electron chi connectivity index (χ1n) is 12.3. The van der Waals surface area contributed by atoms with Crippen molar-refractivity contribution in [3.8, 4) is 17.5 Å². The van der Waals surface area contributed by atoms with E-state index in [4.69, 9.17) is 9.57 Å². The van der Waals surface area contributed by atoms with E-state index in [1.807, 2.05) is 19.1 Å². The molecular formula is C30H29F2NO5. The molecular weight excluding hydrogens is 492 g/mol. The Bertz CT molecular complexity index is 1350. The van der Waals surface area contributed by atoms with E-state index in [9.17, 15) is 15.0 Å².